The van der Waals surface area contributed by atoms with Crippen molar-refractivity contribution in [2.24, 2.45) is 7.05 Å². The zero-order valence-electron chi connectivity index (χ0n) is 13.6. The number of anilines is 1. The van der Waals surface area contributed by atoms with Crippen molar-refractivity contribution in [1.82, 2.24) is 9.78 Å². The quantitative estimate of drug-likeness (QED) is 0.798. The Morgan fingerprint density at radius 3 is 2.61 bits per heavy atom. The summed E-state index contributed by atoms with van der Waals surface area (Å²) in [5, 5.41) is 6.78. The lowest BCUT2D eigenvalue weighted by Gasteiger charge is -2.11. The number of nitrogens with zero attached hydrogens (tertiary/aromatic N) is 2. The molecule has 0 saturated carbocycles. The lowest BCUT2D eigenvalue weighted by molar-refractivity contribution is -0.111. The highest BCUT2D eigenvalue weighted by Crippen LogP contribution is 2.29. The van der Waals surface area contributed by atoms with Crippen molar-refractivity contribution < 1.29 is 14.3 Å². The summed E-state index contributed by atoms with van der Waals surface area (Å²) >= 11 is 0. The van der Waals surface area contributed by atoms with Crippen molar-refractivity contribution in [3.05, 3.63) is 42.1 Å². The predicted molar refractivity (Wildman–Crippen MR) is 89.7 cm³/mol. The van der Waals surface area contributed by atoms with Gasteiger partial charge in [0.05, 0.1) is 13.2 Å². The van der Waals surface area contributed by atoms with E-state index in [1.807, 2.05) is 32.0 Å². The standard InChI is InChI=1S/C17H21N3O3/c1-4-22-14-8-6-13(12-15(14)23-5-2)7-9-17(21)18-16-10-11-20(3)19-16/h6-12H,4-5H2,1-3H3,(H,18,19,21)/b9-7+. The molecular weight excluding hydrogens is 294 g/mol. The fraction of sp³-hybridized carbons (Fsp3) is 0.294. The molecule has 0 radical (unpaired) electrons. The van der Waals surface area contributed by atoms with Crippen LogP contribution in [0.3, 0.4) is 0 Å². The Labute approximate surface area is 135 Å². The highest BCUT2D eigenvalue weighted by Gasteiger charge is 2.05. The maximum Gasteiger partial charge on any atom is 0.249 e. The molecule has 2 aromatic rings. The molecule has 0 atom stereocenters. The molecule has 122 valence electrons. The molecule has 0 unspecified atom stereocenters. The van der Waals surface area contributed by atoms with Crippen LogP contribution in [0.25, 0.3) is 6.08 Å². The monoisotopic (exact) mass is 315 g/mol. The van der Waals surface area contributed by atoms with Crippen LogP contribution in [0.2, 0.25) is 0 Å². The van der Waals surface area contributed by atoms with E-state index in [0.29, 0.717) is 30.5 Å². The van der Waals surface area contributed by atoms with Crippen molar-refractivity contribution in [2.75, 3.05) is 18.5 Å². The van der Waals surface area contributed by atoms with Gasteiger partial charge in [-0.25, -0.2) is 0 Å². The largest absolute Gasteiger partial charge is 0.490 e. The van der Waals surface area contributed by atoms with Crippen molar-refractivity contribution in [1.29, 1.82) is 0 Å². The number of rotatable bonds is 7. The van der Waals surface area contributed by atoms with E-state index in [1.54, 1.807) is 30.1 Å². The Morgan fingerprint density at radius 1 is 1.22 bits per heavy atom. The highest BCUT2D eigenvalue weighted by atomic mass is 16.5. The molecule has 0 saturated heterocycles. The number of hydrogen-bond donors (Lipinski definition) is 1. The molecule has 0 aliphatic rings. The fourth-order valence-corrected chi connectivity index (χ4v) is 1.99. The molecule has 0 fully saturated rings. The minimum Gasteiger partial charge on any atom is -0.490 e. The van der Waals surface area contributed by atoms with Crippen LogP contribution in [0.4, 0.5) is 5.82 Å². The number of hydrogen-bond acceptors (Lipinski definition) is 4. The van der Waals surface area contributed by atoms with Crippen LogP contribution in [0.1, 0.15) is 19.4 Å². The maximum absolute atomic E-state index is 11.9. The molecule has 6 nitrogen and oxygen atoms in total. The Morgan fingerprint density at radius 2 is 1.96 bits per heavy atom. The summed E-state index contributed by atoms with van der Waals surface area (Å²) in [6, 6.07) is 7.29. The zero-order valence-corrected chi connectivity index (χ0v) is 13.6. The summed E-state index contributed by atoms with van der Waals surface area (Å²) in [7, 11) is 1.79. The SMILES string of the molecule is CCOc1ccc(/C=C/C(=O)Nc2ccn(C)n2)cc1OCC. The van der Waals surface area contributed by atoms with Gasteiger partial charge in [0.25, 0.3) is 0 Å². The topological polar surface area (TPSA) is 65.4 Å². The number of ether oxygens (including phenoxy) is 2. The van der Waals surface area contributed by atoms with Crippen LogP contribution in [0.15, 0.2) is 36.5 Å². The first-order chi connectivity index (χ1) is 11.1. The van der Waals surface area contributed by atoms with E-state index in [-0.39, 0.29) is 5.91 Å². The third-order valence-corrected chi connectivity index (χ3v) is 2.96. The van der Waals surface area contributed by atoms with E-state index in [1.165, 1.54) is 6.08 Å². The first kappa shape index (κ1) is 16.6. The lowest BCUT2D eigenvalue weighted by Crippen LogP contribution is -2.08. The third kappa shape index (κ3) is 4.88. The van der Waals surface area contributed by atoms with Gasteiger partial charge < -0.3 is 14.8 Å². The Hall–Kier alpha value is -2.76. The van der Waals surface area contributed by atoms with Crippen molar-refractivity contribution in [3.8, 4) is 11.5 Å². The van der Waals surface area contributed by atoms with Gasteiger partial charge in [0.15, 0.2) is 17.3 Å². The average Bonchev–Trinajstić information content (AvgIpc) is 2.93. The summed E-state index contributed by atoms with van der Waals surface area (Å²) in [4.78, 5) is 11.9. The second kappa shape index (κ2) is 8.03. The zero-order chi connectivity index (χ0) is 16.7. The summed E-state index contributed by atoms with van der Waals surface area (Å²) in [6.45, 7) is 4.96. The summed E-state index contributed by atoms with van der Waals surface area (Å²) in [5.41, 5.74) is 0.855. The minimum absolute atomic E-state index is 0.240. The molecule has 1 aromatic carbocycles. The molecular formula is C17H21N3O3. The van der Waals surface area contributed by atoms with Crippen molar-refractivity contribution in [2.45, 2.75) is 13.8 Å². The number of aryl methyl sites for hydroxylation is 1. The molecule has 1 aromatic heterocycles. The van der Waals surface area contributed by atoms with Gasteiger partial charge in [-0.05, 0) is 37.6 Å². The van der Waals surface area contributed by atoms with Gasteiger partial charge >= 0.3 is 0 Å². The molecule has 6 heteroatoms. The van der Waals surface area contributed by atoms with Crippen LogP contribution >= 0.6 is 0 Å². The Kier molecular flexibility index (Phi) is 5.80. The van der Waals surface area contributed by atoms with E-state index in [2.05, 4.69) is 10.4 Å². The van der Waals surface area contributed by atoms with Gasteiger partial charge in [0, 0.05) is 25.4 Å². The van der Waals surface area contributed by atoms with Gasteiger partial charge in [0.2, 0.25) is 5.91 Å². The molecule has 23 heavy (non-hydrogen) atoms. The number of amides is 1. The number of carbonyl (C=O) groups is 1. The van der Waals surface area contributed by atoms with E-state index < -0.39 is 0 Å². The van der Waals surface area contributed by atoms with Crippen molar-refractivity contribution >= 4 is 17.8 Å². The van der Waals surface area contributed by atoms with Crippen LogP contribution in [0.5, 0.6) is 11.5 Å². The first-order valence-electron chi connectivity index (χ1n) is 7.50. The summed E-state index contributed by atoms with van der Waals surface area (Å²) < 4.78 is 12.7. The van der Waals surface area contributed by atoms with Gasteiger partial charge in [-0.1, -0.05) is 6.07 Å². The molecule has 1 amide bonds. The first-order valence-corrected chi connectivity index (χ1v) is 7.50. The number of aromatic nitrogens is 2. The van der Waals surface area contributed by atoms with Gasteiger partial charge in [-0.15, -0.1) is 0 Å². The molecule has 2 rings (SSSR count). The van der Waals surface area contributed by atoms with E-state index in [0.717, 1.165) is 5.56 Å². The number of nitrogens with one attached hydrogen (secondary N) is 1. The molecule has 0 bridgehead atoms. The summed E-state index contributed by atoms with van der Waals surface area (Å²) in [5.74, 6) is 1.64. The molecule has 0 aliphatic heterocycles. The van der Waals surface area contributed by atoms with Crippen LogP contribution < -0.4 is 14.8 Å². The van der Waals surface area contributed by atoms with Crippen LogP contribution in [0, 0.1) is 0 Å². The smallest absolute Gasteiger partial charge is 0.249 e. The highest BCUT2D eigenvalue weighted by molar-refractivity contribution is 6.01. The number of carbonyl (C=O) groups excluding carboxylic acids is 1. The molecule has 0 spiro atoms. The van der Waals surface area contributed by atoms with E-state index in [4.69, 9.17) is 9.47 Å². The Bertz CT molecular complexity index is 692. The van der Waals surface area contributed by atoms with E-state index in [9.17, 15) is 4.79 Å². The van der Waals surface area contributed by atoms with Gasteiger partial charge in [0.1, 0.15) is 0 Å². The predicted octanol–water partition coefficient (Wildman–Crippen LogP) is 2.87. The molecule has 1 heterocycles. The van der Waals surface area contributed by atoms with Crippen molar-refractivity contribution in [3.63, 3.8) is 0 Å². The van der Waals surface area contributed by atoms with E-state index >= 15 is 0 Å². The second-order valence-corrected chi connectivity index (χ2v) is 4.77. The maximum atomic E-state index is 11.9. The van der Waals surface area contributed by atoms with Crippen LogP contribution in [-0.4, -0.2) is 28.9 Å². The molecule has 0 aliphatic carbocycles. The minimum atomic E-state index is -0.240. The fourth-order valence-electron chi connectivity index (χ4n) is 1.99. The van der Waals surface area contributed by atoms with Gasteiger partial charge in [-0.2, -0.15) is 5.10 Å². The lowest BCUT2D eigenvalue weighted by atomic mass is 10.2. The summed E-state index contributed by atoms with van der Waals surface area (Å²) in [6.07, 6.45) is 4.94. The number of benzene rings is 1. The van der Waals surface area contributed by atoms with Crippen LogP contribution in [-0.2, 0) is 11.8 Å². The average molecular weight is 315 g/mol. The van der Waals surface area contributed by atoms with Gasteiger partial charge in [-0.3, -0.25) is 9.48 Å². The third-order valence-electron chi connectivity index (χ3n) is 2.96. The second-order valence-electron chi connectivity index (χ2n) is 4.77. The normalized spacial score (nSPS) is 10.7. The Balaban J connectivity index is 2.06. The molecule has 1 N–H and O–H groups in total.